The highest BCUT2D eigenvalue weighted by molar-refractivity contribution is 7.14. The molecule has 1 amide bonds. The minimum absolute atomic E-state index is 0.237. The van der Waals surface area contributed by atoms with Crippen LogP contribution in [0.1, 0.15) is 28.7 Å². The van der Waals surface area contributed by atoms with Gasteiger partial charge in [-0.15, -0.1) is 11.3 Å². The Kier molecular flexibility index (Phi) is 4.26. The second-order valence-electron chi connectivity index (χ2n) is 5.94. The second-order valence-corrected chi connectivity index (χ2v) is 6.80. The van der Waals surface area contributed by atoms with Gasteiger partial charge in [-0.05, 0) is 17.7 Å². The molecule has 0 saturated heterocycles. The predicted octanol–water partition coefficient (Wildman–Crippen LogP) is 5.07. The minimum atomic E-state index is -0.237. The fraction of sp³-hybridized carbons (Fsp3) is 0.150. The van der Waals surface area contributed by atoms with Crippen molar-refractivity contribution >= 4 is 33.1 Å². The predicted molar refractivity (Wildman–Crippen MR) is 104 cm³/mol. The molecule has 0 atom stereocenters. The molecule has 2 aromatic heterocycles. The number of fused-ring (bicyclic) bond motifs is 1. The molecule has 4 aromatic rings. The first-order valence-electron chi connectivity index (χ1n) is 8.37. The number of aromatic nitrogens is 2. The Morgan fingerprint density at radius 1 is 1.19 bits per heavy atom. The van der Waals surface area contributed by atoms with Gasteiger partial charge in [-0.3, -0.25) is 10.1 Å². The van der Waals surface area contributed by atoms with Gasteiger partial charge < -0.3 is 4.52 Å². The first-order chi connectivity index (χ1) is 12.7. The van der Waals surface area contributed by atoms with Crippen LogP contribution in [0.2, 0.25) is 0 Å². The standard InChI is InChI=1S/C20H17N3O2S/c1-3-17-18(12(2)23-25-17)19(24)22-20-21-16(11-26-20)15-10-6-8-13-7-4-5-9-14(13)15/h4-11H,3H2,1-2H3,(H,21,22,24). The SMILES string of the molecule is CCc1onc(C)c1C(=O)Nc1nc(-c2cccc3ccccc23)cs1. The van der Waals surface area contributed by atoms with Crippen LogP contribution < -0.4 is 5.32 Å². The third kappa shape index (κ3) is 2.88. The molecule has 0 radical (unpaired) electrons. The molecule has 26 heavy (non-hydrogen) atoms. The normalized spacial score (nSPS) is 11.0. The summed E-state index contributed by atoms with van der Waals surface area (Å²) in [5.41, 5.74) is 2.98. The Morgan fingerprint density at radius 2 is 2.00 bits per heavy atom. The zero-order chi connectivity index (χ0) is 18.1. The molecular formula is C20H17N3O2S. The highest BCUT2D eigenvalue weighted by Crippen LogP contribution is 2.31. The summed E-state index contributed by atoms with van der Waals surface area (Å²) in [7, 11) is 0. The summed E-state index contributed by atoms with van der Waals surface area (Å²) in [5, 5.41) is 11.6. The summed E-state index contributed by atoms with van der Waals surface area (Å²) >= 11 is 1.40. The quantitative estimate of drug-likeness (QED) is 0.549. The fourth-order valence-electron chi connectivity index (χ4n) is 3.01. The van der Waals surface area contributed by atoms with Gasteiger partial charge in [0.25, 0.3) is 5.91 Å². The molecule has 0 spiro atoms. The summed E-state index contributed by atoms with van der Waals surface area (Å²) in [6, 6.07) is 14.3. The van der Waals surface area contributed by atoms with E-state index in [-0.39, 0.29) is 5.91 Å². The zero-order valence-electron chi connectivity index (χ0n) is 14.4. The summed E-state index contributed by atoms with van der Waals surface area (Å²) in [6.07, 6.45) is 0.614. The van der Waals surface area contributed by atoms with Crippen LogP contribution in [0.5, 0.6) is 0 Å². The maximum atomic E-state index is 12.6. The number of nitrogens with one attached hydrogen (secondary N) is 1. The Bertz CT molecular complexity index is 1090. The summed E-state index contributed by atoms with van der Waals surface area (Å²) in [5.74, 6) is 0.352. The smallest absolute Gasteiger partial charge is 0.262 e. The zero-order valence-corrected chi connectivity index (χ0v) is 15.3. The van der Waals surface area contributed by atoms with Gasteiger partial charge in [-0.2, -0.15) is 0 Å². The number of carbonyl (C=O) groups is 1. The van der Waals surface area contributed by atoms with Crippen molar-refractivity contribution in [2.24, 2.45) is 0 Å². The van der Waals surface area contributed by atoms with E-state index in [1.54, 1.807) is 6.92 Å². The Morgan fingerprint density at radius 3 is 2.85 bits per heavy atom. The lowest BCUT2D eigenvalue weighted by atomic mass is 10.0. The van der Waals surface area contributed by atoms with Crippen molar-refractivity contribution in [3.05, 3.63) is 64.9 Å². The van der Waals surface area contributed by atoms with Crippen molar-refractivity contribution in [3.63, 3.8) is 0 Å². The number of carbonyl (C=O) groups excluding carboxylic acids is 1. The second kappa shape index (κ2) is 6.72. The van der Waals surface area contributed by atoms with Crippen molar-refractivity contribution in [2.75, 3.05) is 5.32 Å². The van der Waals surface area contributed by atoms with Crippen molar-refractivity contribution in [2.45, 2.75) is 20.3 Å². The third-order valence-electron chi connectivity index (χ3n) is 4.27. The van der Waals surface area contributed by atoms with E-state index < -0.39 is 0 Å². The van der Waals surface area contributed by atoms with Crippen molar-refractivity contribution in [3.8, 4) is 11.3 Å². The number of benzene rings is 2. The number of hydrogen-bond donors (Lipinski definition) is 1. The van der Waals surface area contributed by atoms with Crippen LogP contribution >= 0.6 is 11.3 Å². The van der Waals surface area contributed by atoms with E-state index in [0.717, 1.165) is 22.0 Å². The van der Waals surface area contributed by atoms with Crippen LogP contribution in [-0.2, 0) is 6.42 Å². The lowest BCUT2D eigenvalue weighted by molar-refractivity contribution is 0.102. The Labute approximate surface area is 154 Å². The molecule has 0 saturated carbocycles. The largest absolute Gasteiger partial charge is 0.360 e. The van der Waals surface area contributed by atoms with Gasteiger partial charge in [0, 0.05) is 17.4 Å². The van der Waals surface area contributed by atoms with Gasteiger partial charge in [0.1, 0.15) is 11.3 Å². The van der Waals surface area contributed by atoms with E-state index in [0.29, 0.717) is 28.6 Å². The number of anilines is 1. The number of amides is 1. The summed E-state index contributed by atoms with van der Waals surface area (Å²) < 4.78 is 5.20. The number of rotatable bonds is 4. The van der Waals surface area contributed by atoms with E-state index >= 15 is 0 Å². The molecule has 1 N–H and O–H groups in total. The maximum absolute atomic E-state index is 12.6. The maximum Gasteiger partial charge on any atom is 0.262 e. The van der Waals surface area contributed by atoms with Crippen LogP contribution in [0, 0.1) is 6.92 Å². The molecule has 0 bridgehead atoms. The molecule has 2 heterocycles. The van der Waals surface area contributed by atoms with Gasteiger partial charge in [0.05, 0.1) is 11.4 Å². The van der Waals surface area contributed by atoms with Crippen LogP contribution in [-0.4, -0.2) is 16.0 Å². The fourth-order valence-corrected chi connectivity index (χ4v) is 3.72. The lowest BCUT2D eigenvalue weighted by Crippen LogP contribution is -2.14. The van der Waals surface area contributed by atoms with Crippen LogP contribution in [0.4, 0.5) is 5.13 Å². The molecule has 0 aliphatic heterocycles. The van der Waals surface area contributed by atoms with Crippen LogP contribution in [0.3, 0.4) is 0 Å². The Balaban J connectivity index is 1.64. The summed E-state index contributed by atoms with van der Waals surface area (Å²) in [6.45, 7) is 3.69. The van der Waals surface area contributed by atoms with E-state index in [1.165, 1.54) is 11.3 Å². The van der Waals surface area contributed by atoms with Crippen molar-refractivity contribution < 1.29 is 9.32 Å². The number of nitrogens with zero attached hydrogens (tertiary/aromatic N) is 2. The van der Waals surface area contributed by atoms with E-state index in [4.69, 9.17) is 4.52 Å². The molecule has 6 heteroatoms. The van der Waals surface area contributed by atoms with Gasteiger partial charge in [-0.1, -0.05) is 54.5 Å². The lowest BCUT2D eigenvalue weighted by Gasteiger charge is -2.04. The van der Waals surface area contributed by atoms with E-state index in [9.17, 15) is 4.79 Å². The highest BCUT2D eigenvalue weighted by atomic mass is 32.1. The number of hydrogen-bond acceptors (Lipinski definition) is 5. The Hall–Kier alpha value is -2.99. The number of aryl methyl sites for hydroxylation is 2. The van der Waals surface area contributed by atoms with Gasteiger partial charge in [0.15, 0.2) is 5.13 Å². The molecular weight excluding hydrogens is 346 g/mol. The number of thiazole rings is 1. The average molecular weight is 363 g/mol. The molecule has 4 rings (SSSR count). The molecule has 2 aromatic carbocycles. The van der Waals surface area contributed by atoms with E-state index in [1.807, 2.05) is 36.6 Å². The molecule has 130 valence electrons. The van der Waals surface area contributed by atoms with Gasteiger partial charge in [0.2, 0.25) is 0 Å². The van der Waals surface area contributed by atoms with Crippen LogP contribution in [0.25, 0.3) is 22.0 Å². The first kappa shape index (κ1) is 16.5. The summed E-state index contributed by atoms with van der Waals surface area (Å²) in [4.78, 5) is 17.2. The molecule has 0 unspecified atom stereocenters. The average Bonchev–Trinajstić information content (AvgIpc) is 3.27. The van der Waals surface area contributed by atoms with Gasteiger partial charge >= 0.3 is 0 Å². The third-order valence-corrected chi connectivity index (χ3v) is 5.03. The highest BCUT2D eigenvalue weighted by Gasteiger charge is 2.20. The van der Waals surface area contributed by atoms with Crippen molar-refractivity contribution in [1.82, 2.24) is 10.1 Å². The van der Waals surface area contributed by atoms with E-state index in [2.05, 4.69) is 33.7 Å². The first-order valence-corrected chi connectivity index (χ1v) is 9.25. The van der Waals surface area contributed by atoms with Crippen LogP contribution in [0.15, 0.2) is 52.4 Å². The minimum Gasteiger partial charge on any atom is -0.360 e. The molecule has 5 nitrogen and oxygen atoms in total. The van der Waals surface area contributed by atoms with Gasteiger partial charge in [-0.25, -0.2) is 4.98 Å². The molecule has 0 fully saturated rings. The topological polar surface area (TPSA) is 68.0 Å². The molecule has 0 aliphatic rings. The van der Waals surface area contributed by atoms with Crippen molar-refractivity contribution in [1.29, 1.82) is 0 Å². The monoisotopic (exact) mass is 363 g/mol. The molecule has 0 aliphatic carbocycles.